The summed E-state index contributed by atoms with van der Waals surface area (Å²) in [5, 5.41) is 6.24. The molecule has 0 spiro atoms. The maximum absolute atomic E-state index is 12.3. The molecule has 2 aliphatic heterocycles. The van der Waals surface area contributed by atoms with Crippen molar-refractivity contribution < 1.29 is 4.79 Å². The molecule has 4 rings (SSSR count). The van der Waals surface area contributed by atoms with Crippen LogP contribution in [0.25, 0.3) is 0 Å². The molecule has 0 unspecified atom stereocenters. The molecular weight excluding hydrogens is 332 g/mol. The molecule has 1 saturated heterocycles. The van der Waals surface area contributed by atoms with E-state index >= 15 is 0 Å². The molecule has 0 saturated carbocycles. The van der Waals surface area contributed by atoms with Crippen LogP contribution in [0.3, 0.4) is 0 Å². The van der Waals surface area contributed by atoms with Crippen molar-refractivity contribution in [1.82, 2.24) is 35.1 Å². The monoisotopic (exact) mass is 356 g/mol. The van der Waals surface area contributed by atoms with Gasteiger partial charge in [-0.1, -0.05) is 0 Å². The van der Waals surface area contributed by atoms with E-state index in [9.17, 15) is 4.79 Å². The third kappa shape index (κ3) is 3.83. The van der Waals surface area contributed by atoms with Crippen molar-refractivity contribution >= 4 is 11.9 Å². The Balaban J connectivity index is 1.20. The molecule has 0 bridgehead atoms. The zero-order valence-electron chi connectivity index (χ0n) is 14.8. The van der Waals surface area contributed by atoms with Crippen LogP contribution < -0.4 is 15.5 Å². The smallest absolute Gasteiger partial charge is 0.271 e. The molecule has 2 aromatic rings. The predicted molar refractivity (Wildman–Crippen MR) is 97.0 cm³/mol. The van der Waals surface area contributed by atoms with Crippen molar-refractivity contribution in [3.05, 3.63) is 36.2 Å². The van der Waals surface area contributed by atoms with Crippen LogP contribution in [0.5, 0.6) is 0 Å². The van der Waals surface area contributed by atoms with Crippen LogP contribution in [-0.4, -0.2) is 76.1 Å². The Hall–Kier alpha value is -2.52. The summed E-state index contributed by atoms with van der Waals surface area (Å²) >= 11 is 0. The second-order valence-corrected chi connectivity index (χ2v) is 6.55. The summed E-state index contributed by atoms with van der Waals surface area (Å²) in [4.78, 5) is 29.8. The molecule has 4 heterocycles. The van der Waals surface area contributed by atoms with Crippen molar-refractivity contribution in [1.29, 1.82) is 0 Å². The van der Waals surface area contributed by atoms with Crippen molar-refractivity contribution in [3.8, 4) is 0 Å². The molecule has 0 aliphatic carbocycles. The minimum atomic E-state index is -0.0942. The summed E-state index contributed by atoms with van der Waals surface area (Å²) in [6.45, 7) is 7.66. The van der Waals surface area contributed by atoms with Gasteiger partial charge in [-0.3, -0.25) is 9.69 Å². The lowest BCUT2D eigenvalue weighted by Gasteiger charge is -2.34. The zero-order chi connectivity index (χ0) is 17.8. The van der Waals surface area contributed by atoms with E-state index in [1.165, 1.54) is 0 Å². The fourth-order valence-electron chi connectivity index (χ4n) is 3.34. The molecule has 9 heteroatoms. The summed E-state index contributed by atoms with van der Waals surface area (Å²) in [7, 11) is 0. The number of carbonyl (C=O) groups excluding carboxylic acids is 1. The number of anilines is 1. The Bertz CT molecular complexity index is 715. The van der Waals surface area contributed by atoms with Crippen LogP contribution in [0, 0.1) is 0 Å². The van der Waals surface area contributed by atoms with Crippen LogP contribution in [0.15, 0.2) is 24.7 Å². The lowest BCUT2D eigenvalue weighted by Crippen LogP contribution is -2.49. The van der Waals surface area contributed by atoms with Gasteiger partial charge < -0.3 is 20.1 Å². The van der Waals surface area contributed by atoms with Gasteiger partial charge in [0.25, 0.3) is 5.91 Å². The predicted octanol–water partition coefficient (Wildman–Crippen LogP) is -0.672. The molecule has 0 atom stereocenters. The Kier molecular flexibility index (Phi) is 5.07. The first-order chi connectivity index (χ1) is 12.8. The minimum absolute atomic E-state index is 0.0942. The highest BCUT2D eigenvalue weighted by Crippen LogP contribution is 2.09. The minimum Gasteiger partial charge on any atom is -0.349 e. The lowest BCUT2D eigenvalue weighted by molar-refractivity contribution is 0.0943. The van der Waals surface area contributed by atoms with Crippen LogP contribution in [-0.2, 0) is 13.1 Å². The number of aromatic nitrogens is 4. The number of nitrogens with one attached hydrogen (secondary N) is 2. The van der Waals surface area contributed by atoms with E-state index in [1.807, 2.05) is 12.3 Å². The number of carbonyl (C=O) groups is 1. The molecule has 0 aromatic carbocycles. The Labute approximate surface area is 152 Å². The van der Waals surface area contributed by atoms with Gasteiger partial charge in [-0.05, 0) is 6.07 Å². The van der Waals surface area contributed by atoms with Crippen molar-refractivity contribution in [3.63, 3.8) is 0 Å². The molecule has 9 nitrogen and oxygen atoms in total. The molecule has 2 aromatic heterocycles. The second-order valence-electron chi connectivity index (χ2n) is 6.55. The molecule has 1 amide bonds. The van der Waals surface area contributed by atoms with Gasteiger partial charge in [-0.2, -0.15) is 0 Å². The third-order valence-corrected chi connectivity index (χ3v) is 4.83. The SMILES string of the molecule is O=C(NCCN1CCN(c2ncccn2)CC1)c1cn2c(n1)CNCC2. The highest BCUT2D eigenvalue weighted by Gasteiger charge is 2.19. The van der Waals surface area contributed by atoms with Gasteiger partial charge in [0.15, 0.2) is 0 Å². The van der Waals surface area contributed by atoms with Gasteiger partial charge >= 0.3 is 0 Å². The maximum atomic E-state index is 12.3. The van der Waals surface area contributed by atoms with Crippen molar-refractivity contribution in [2.75, 3.05) is 50.7 Å². The summed E-state index contributed by atoms with van der Waals surface area (Å²) in [5.74, 6) is 1.63. The number of hydrogen-bond acceptors (Lipinski definition) is 7. The fraction of sp³-hybridized carbons (Fsp3) is 0.529. The summed E-state index contributed by atoms with van der Waals surface area (Å²) in [6.07, 6.45) is 5.40. The van der Waals surface area contributed by atoms with E-state index in [2.05, 4.69) is 40.0 Å². The van der Waals surface area contributed by atoms with E-state index in [-0.39, 0.29) is 5.91 Å². The van der Waals surface area contributed by atoms with Gasteiger partial charge in [0, 0.05) is 70.9 Å². The van der Waals surface area contributed by atoms with Crippen LogP contribution in [0.1, 0.15) is 16.3 Å². The zero-order valence-corrected chi connectivity index (χ0v) is 14.8. The normalized spacial score (nSPS) is 17.8. The highest BCUT2D eigenvalue weighted by atomic mass is 16.1. The highest BCUT2D eigenvalue weighted by molar-refractivity contribution is 5.92. The van der Waals surface area contributed by atoms with Gasteiger partial charge in [0.2, 0.25) is 5.95 Å². The van der Waals surface area contributed by atoms with Gasteiger partial charge in [-0.15, -0.1) is 0 Å². The molecule has 138 valence electrons. The first kappa shape index (κ1) is 16.9. The van der Waals surface area contributed by atoms with Crippen LogP contribution >= 0.6 is 0 Å². The summed E-state index contributed by atoms with van der Waals surface area (Å²) in [6, 6.07) is 1.83. The van der Waals surface area contributed by atoms with E-state index in [0.717, 1.165) is 64.1 Å². The van der Waals surface area contributed by atoms with E-state index in [1.54, 1.807) is 12.4 Å². The van der Waals surface area contributed by atoms with E-state index in [4.69, 9.17) is 0 Å². The number of rotatable bonds is 5. The van der Waals surface area contributed by atoms with Gasteiger partial charge in [-0.25, -0.2) is 15.0 Å². The number of piperazine rings is 1. The van der Waals surface area contributed by atoms with E-state index < -0.39 is 0 Å². The van der Waals surface area contributed by atoms with Crippen molar-refractivity contribution in [2.45, 2.75) is 13.1 Å². The molecule has 1 fully saturated rings. The third-order valence-electron chi connectivity index (χ3n) is 4.83. The standard InChI is InChI=1S/C17H24N8O/c26-16(14-13-25-7-4-18-12-15(25)22-14)19-5-6-23-8-10-24(11-9-23)17-20-2-1-3-21-17/h1-3,13,18H,4-12H2,(H,19,26). The van der Waals surface area contributed by atoms with Gasteiger partial charge in [0.1, 0.15) is 11.5 Å². The average molecular weight is 356 g/mol. The fourth-order valence-corrected chi connectivity index (χ4v) is 3.34. The largest absolute Gasteiger partial charge is 0.349 e. The number of imidazole rings is 1. The molecule has 2 N–H and O–H groups in total. The van der Waals surface area contributed by atoms with Crippen molar-refractivity contribution in [2.24, 2.45) is 0 Å². The Morgan fingerprint density at radius 1 is 1.15 bits per heavy atom. The number of amides is 1. The van der Waals surface area contributed by atoms with Gasteiger partial charge in [0.05, 0.1) is 6.54 Å². The summed E-state index contributed by atoms with van der Waals surface area (Å²) < 4.78 is 2.05. The average Bonchev–Trinajstić information content (AvgIpc) is 3.13. The maximum Gasteiger partial charge on any atom is 0.271 e. The quantitative estimate of drug-likeness (QED) is 0.734. The topological polar surface area (TPSA) is 91.2 Å². The van der Waals surface area contributed by atoms with E-state index in [0.29, 0.717) is 12.2 Å². The Morgan fingerprint density at radius 3 is 2.73 bits per heavy atom. The molecule has 0 radical (unpaired) electrons. The number of nitrogens with zero attached hydrogens (tertiary/aromatic N) is 6. The van der Waals surface area contributed by atoms with Crippen LogP contribution in [0.4, 0.5) is 5.95 Å². The number of hydrogen-bond donors (Lipinski definition) is 2. The molecule has 26 heavy (non-hydrogen) atoms. The number of fused-ring (bicyclic) bond motifs is 1. The first-order valence-corrected chi connectivity index (χ1v) is 9.09. The second kappa shape index (κ2) is 7.79. The summed E-state index contributed by atoms with van der Waals surface area (Å²) in [5.41, 5.74) is 0.509. The Morgan fingerprint density at radius 2 is 1.96 bits per heavy atom. The first-order valence-electron chi connectivity index (χ1n) is 9.09. The molecular formula is C17H24N8O. The van der Waals surface area contributed by atoms with Crippen LogP contribution in [0.2, 0.25) is 0 Å². The lowest BCUT2D eigenvalue weighted by atomic mass is 10.3. The molecule has 2 aliphatic rings.